The molecule has 15 heavy (non-hydrogen) atoms. The largest absolute Gasteiger partial charge is 0.463 e. The van der Waals surface area contributed by atoms with Crippen molar-refractivity contribution in [1.82, 2.24) is 4.98 Å². The van der Waals surface area contributed by atoms with Gasteiger partial charge in [-0.15, -0.1) is 0 Å². The van der Waals surface area contributed by atoms with Crippen molar-refractivity contribution in [3.8, 4) is 0 Å². The van der Waals surface area contributed by atoms with Crippen molar-refractivity contribution in [2.75, 3.05) is 0 Å². The molecule has 2 aromatic heterocycles. The number of hydrogen-bond donors (Lipinski definition) is 1. The Hall–Kier alpha value is -1.61. The van der Waals surface area contributed by atoms with Crippen LogP contribution in [0.4, 0.5) is 0 Å². The molecule has 2 heterocycles. The monoisotopic (exact) mass is 203 g/mol. The van der Waals surface area contributed by atoms with Crippen molar-refractivity contribution in [2.45, 2.75) is 20.0 Å². The number of aliphatic hydroxyl groups is 1. The van der Waals surface area contributed by atoms with Gasteiger partial charge in [-0.2, -0.15) is 0 Å². The van der Waals surface area contributed by atoms with Crippen molar-refractivity contribution in [2.24, 2.45) is 0 Å². The first-order chi connectivity index (χ1) is 7.16. The minimum absolute atomic E-state index is 0.554. The number of aryl methyl sites for hydroxylation is 2. The second-order valence-electron chi connectivity index (χ2n) is 3.58. The molecule has 3 nitrogen and oxygen atoms in total. The van der Waals surface area contributed by atoms with E-state index in [1.807, 2.05) is 32.0 Å². The lowest BCUT2D eigenvalue weighted by Crippen LogP contribution is -1.98. The summed E-state index contributed by atoms with van der Waals surface area (Å²) in [6.07, 6.45) is 0.935. The van der Waals surface area contributed by atoms with E-state index < -0.39 is 6.10 Å². The van der Waals surface area contributed by atoms with Crippen LogP contribution in [0.5, 0.6) is 0 Å². The Morgan fingerprint density at radius 2 is 2.00 bits per heavy atom. The van der Waals surface area contributed by atoms with Crippen molar-refractivity contribution in [1.29, 1.82) is 0 Å². The maximum absolute atomic E-state index is 9.96. The first-order valence-corrected chi connectivity index (χ1v) is 4.84. The third-order valence-corrected chi connectivity index (χ3v) is 2.28. The zero-order chi connectivity index (χ0) is 10.8. The van der Waals surface area contributed by atoms with Crippen LogP contribution in [0.25, 0.3) is 0 Å². The van der Waals surface area contributed by atoms with E-state index in [1.54, 1.807) is 12.3 Å². The van der Waals surface area contributed by atoms with Crippen LogP contribution in [-0.4, -0.2) is 10.1 Å². The summed E-state index contributed by atoms with van der Waals surface area (Å²) in [6, 6.07) is 7.33. The highest BCUT2D eigenvalue weighted by Crippen LogP contribution is 2.22. The molecule has 1 atom stereocenters. The molecule has 2 aromatic rings. The van der Waals surface area contributed by atoms with Gasteiger partial charge in [-0.3, -0.25) is 4.98 Å². The first kappa shape index (κ1) is 9.93. The summed E-state index contributed by atoms with van der Waals surface area (Å²) >= 11 is 0. The molecule has 0 aliphatic rings. The summed E-state index contributed by atoms with van der Waals surface area (Å²) in [7, 11) is 0. The van der Waals surface area contributed by atoms with Gasteiger partial charge in [0.2, 0.25) is 0 Å². The Kier molecular flexibility index (Phi) is 2.56. The Balaban J connectivity index is 2.28. The number of aromatic nitrogens is 1. The maximum Gasteiger partial charge on any atom is 0.138 e. The first-order valence-electron chi connectivity index (χ1n) is 4.84. The highest BCUT2D eigenvalue weighted by molar-refractivity contribution is 5.23. The van der Waals surface area contributed by atoms with E-state index in [4.69, 9.17) is 4.42 Å². The molecule has 78 valence electrons. The summed E-state index contributed by atoms with van der Waals surface area (Å²) < 4.78 is 5.35. The Bertz CT molecular complexity index is 445. The molecule has 0 aromatic carbocycles. The van der Waals surface area contributed by atoms with Crippen molar-refractivity contribution < 1.29 is 9.52 Å². The van der Waals surface area contributed by atoms with Gasteiger partial charge in [0, 0.05) is 17.5 Å². The molecular weight excluding hydrogens is 190 g/mol. The SMILES string of the molecule is Cc1ccc(C(O)c2ccc(C)o2)cn1. The zero-order valence-corrected chi connectivity index (χ0v) is 8.77. The van der Waals surface area contributed by atoms with Crippen LogP contribution in [0.1, 0.15) is 28.9 Å². The van der Waals surface area contributed by atoms with E-state index in [9.17, 15) is 5.11 Å². The predicted molar refractivity (Wildman–Crippen MR) is 56.5 cm³/mol. The minimum Gasteiger partial charge on any atom is -0.463 e. The van der Waals surface area contributed by atoms with Crippen molar-refractivity contribution >= 4 is 0 Å². The molecule has 2 rings (SSSR count). The second kappa shape index (κ2) is 3.87. The number of aliphatic hydroxyl groups excluding tert-OH is 1. The standard InChI is InChI=1S/C12H13NO2/c1-8-3-5-10(7-13-8)12(14)11-6-4-9(2)15-11/h3-7,12,14H,1-2H3. The van der Waals surface area contributed by atoms with Crippen molar-refractivity contribution in [3.05, 3.63) is 53.2 Å². The van der Waals surface area contributed by atoms with E-state index in [-0.39, 0.29) is 0 Å². The molecule has 0 spiro atoms. The van der Waals surface area contributed by atoms with E-state index in [2.05, 4.69) is 4.98 Å². The Morgan fingerprint density at radius 3 is 2.53 bits per heavy atom. The smallest absolute Gasteiger partial charge is 0.138 e. The van der Waals surface area contributed by atoms with Gasteiger partial charge in [0.25, 0.3) is 0 Å². The molecule has 3 heteroatoms. The molecule has 0 saturated carbocycles. The van der Waals surface area contributed by atoms with Gasteiger partial charge >= 0.3 is 0 Å². The van der Waals surface area contributed by atoms with E-state index in [0.717, 1.165) is 17.0 Å². The number of hydrogen-bond acceptors (Lipinski definition) is 3. The number of rotatable bonds is 2. The van der Waals surface area contributed by atoms with Crippen LogP contribution in [0.3, 0.4) is 0 Å². The van der Waals surface area contributed by atoms with Gasteiger partial charge in [-0.25, -0.2) is 0 Å². The molecule has 0 amide bonds. The summed E-state index contributed by atoms with van der Waals surface area (Å²) in [6.45, 7) is 3.76. The van der Waals surface area contributed by atoms with Gasteiger partial charge in [0.05, 0.1) is 0 Å². The average molecular weight is 203 g/mol. The third-order valence-electron chi connectivity index (χ3n) is 2.28. The van der Waals surface area contributed by atoms with Crippen LogP contribution in [-0.2, 0) is 0 Å². The summed E-state index contributed by atoms with van der Waals surface area (Å²) in [4.78, 5) is 4.13. The lowest BCUT2D eigenvalue weighted by atomic mass is 10.1. The van der Waals surface area contributed by atoms with Crippen LogP contribution in [0.15, 0.2) is 34.9 Å². The quantitative estimate of drug-likeness (QED) is 0.815. The summed E-state index contributed by atoms with van der Waals surface area (Å²) in [5.74, 6) is 1.35. The van der Waals surface area contributed by atoms with E-state index in [0.29, 0.717) is 5.76 Å². The molecule has 0 bridgehead atoms. The van der Waals surface area contributed by atoms with E-state index in [1.165, 1.54) is 0 Å². The van der Waals surface area contributed by atoms with Gasteiger partial charge in [-0.1, -0.05) is 6.07 Å². The van der Waals surface area contributed by atoms with Gasteiger partial charge in [-0.05, 0) is 32.0 Å². The van der Waals surface area contributed by atoms with Crippen LogP contribution < -0.4 is 0 Å². The molecule has 0 aliphatic carbocycles. The number of furan rings is 1. The molecular formula is C12H13NO2. The molecule has 0 saturated heterocycles. The minimum atomic E-state index is -0.730. The molecule has 1 unspecified atom stereocenters. The van der Waals surface area contributed by atoms with Crippen LogP contribution in [0.2, 0.25) is 0 Å². The molecule has 0 fully saturated rings. The molecule has 1 N–H and O–H groups in total. The fourth-order valence-corrected chi connectivity index (χ4v) is 1.41. The van der Waals surface area contributed by atoms with E-state index >= 15 is 0 Å². The zero-order valence-electron chi connectivity index (χ0n) is 8.77. The molecule has 0 aliphatic heterocycles. The second-order valence-corrected chi connectivity index (χ2v) is 3.58. The fraction of sp³-hybridized carbons (Fsp3) is 0.250. The van der Waals surface area contributed by atoms with Crippen LogP contribution in [0, 0.1) is 13.8 Å². The Labute approximate surface area is 88.4 Å². The highest BCUT2D eigenvalue weighted by Gasteiger charge is 2.13. The van der Waals surface area contributed by atoms with Gasteiger partial charge in [0.15, 0.2) is 0 Å². The lowest BCUT2D eigenvalue weighted by molar-refractivity contribution is 0.187. The molecule has 0 radical (unpaired) electrons. The summed E-state index contributed by atoms with van der Waals surface area (Å²) in [5, 5.41) is 9.96. The number of pyridine rings is 1. The van der Waals surface area contributed by atoms with Crippen LogP contribution >= 0.6 is 0 Å². The third kappa shape index (κ3) is 2.07. The van der Waals surface area contributed by atoms with Gasteiger partial charge < -0.3 is 9.52 Å². The maximum atomic E-state index is 9.96. The predicted octanol–water partition coefficient (Wildman–Crippen LogP) is 2.37. The van der Waals surface area contributed by atoms with Crippen molar-refractivity contribution in [3.63, 3.8) is 0 Å². The normalized spacial score (nSPS) is 12.7. The van der Waals surface area contributed by atoms with Gasteiger partial charge in [0.1, 0.15) is 17.6 Å². The lowest BCUT2D eigenvalue weighted by Gasteiger charge is -2.07. The highest BCUT2D eigenvalue weighted by atomic mass is 16.4. The summed E-state index contributed by atoms with van der Waals surface area (Å²) in [5.41, 5.74) is 1.68. The topological polar surface area (TPSA) is 46.3 Å². The number of nitrogens with zero attached hydrogens (tertiary/aromatic N) is 1. The average Bonchev–Trinajstić information content (AvgIpc) is 2.65. The fourth-order valence-electron chi connectivity index (χ4n) is 1.41. The Morgan fingerprint density at radius 1 is 1.20 bits per heavy atom.